The topological polar surface area (TPSA) is 40.5 Å². The second-order valence-electron chi connectivity index (χ2n) is 7.15. The van der Waals surface area contributed by atoms with E-state index in [9.17, 15) is 14.3 Å². The van der Waals surface area contributed by atoms with E-state index in [0.29, 0.717) is 18.5 Å². The Morgan fingerprint density at radius 1 is 0.893 bits per heavy atom. The van der Waals surface area contributed by atoms with Crippen LogP contribution in [0.3, 0.4) is 0 Å². The summed E-state index contributed by atoms with van der Waals surface area (Å²) < 4.78 is 13.3. The van der Waals surface area contributed by atoms with Gasteiger partial charge in [0.2, 0.25) is 5.91 Å². The summed E-state index contributed by atoms with van der Waals surface area (Å²) in [4.78, 5) is 14.7. The molecule has 0 unspecified atom stereocenters. The third-order valence-corrected chi connectivity index (χ3v) is 5.40. The molecule has 142 valence electrons. The number of amides is 1. The number of rotatable bonds is 6. The summed E-state index contributed by atoms with van der Waals surface area (Å²) in [5.41, 5.74) is 2.60. The molecule has 4 heteroatoms. The van der Waals surface area contributed by atoms with Gasteiger partial charge in [0, 0.05) is 5.69 Å². The molecule has 3 aromatic carbocycles. The summed E-state index contributed by atoms with van der Waals surface area (Å²) in [6, 6.07) is 25.3. The van der Waals surface area contributed by atoms with Gasteiger partial charge >= 0.3 is 0 Å². The van der Waals surface area contributed by atoms with Gasteiger partial charge in [-0.25, -0.2) is 4.39 Å². The lowest BCUT2D eigenvalue weighted by atomic mass is 9.78. The average molecular weight is 375 g/mol. The van der Waals surface area contributed by atoms with Crippen LogP contribution < -0.4 is 4.90 Å². The van der Waals surface area contributed by atoms with Crippen LogP contribution in [0.25, 0.3) is 0 Å². The molecule has 0 aromatic heterocycles. The fourth-order valence-electron chi connectivity index (χ4n) is 3.93. The van der Waals surface area contributed by atoms with Crippen molar-refractivity contribution in [1.29, 1.82) is 0 Å². The van der Waals surface area contributed by atoms with Crippen LogP contribution in [0.5, 0.6) is 0 Å². The number of hydrogen-bond acceptors (Lipinski definition) is 2. The molecule has 4 rings (SSSR count). The molecule has 0 saturated carbocycles. The molecule has 3 nitrogen and oxygen atoms in total. The lowest BCUT2D eigenvalue weighted by Gasteiger charge is -2.48. The van der Waals surface area contributed by atoms with Gasteiger partial charge in [-0.1, -0.05) is 60.7 Å². The molecule has 1 saturated heterocycles. The summed E-state index contributed by atoms with van der Waals surface area (Å²) in [7, 11) is 0. The van der Waals surface area contributed by atoms with Gasteiger partial charge in [0.1, 0.15) is 5.82 Å². The van der Waals surface area contributed by atoms with Crippen molar-refractivity contribution in [1.82, 2.24) is 0 Å². The van der Waals surface area contributed by atoms with E-state index < -0.39 is 6.10 Å². The van der Waals surface area contributed by atoms with E-state index in [2.05, 4.69) is 0 Å². The summed E-state index contributed by atoms with van der Waals surface area (Å²) >= 11 is 0. The highest BCUT2D eigenvalue weighted by atomic mass is 19.1. The van der Waals surface area contributed by atoms with Crippen molar-refractivity contribution < 1.29 is 14.3 Å². The van der Waals surface area contributed by atoms with E-state index in [1.54, 1.807) is 17.0 Å². The van der Waals surface area contributed by atoms with Crippen molar-refractivity contribution in [3.63, 3.8) is 0 Å². The quantitative estimate of drug-likeness (QED) is 0.613. The molecule has 1 heterocycles. The Kier molecular flexibility index (Phi) is 5.22. The van der Waals surface area contributed by atoms with Gasteiger partial charge in [0.15, 0.2) is 0 Å². The van der Waals surface area contributed by atoms with Crippen molar-refractivity contribution in [2.75, 3.05) is 4.90 Å². The number of carbonyl (C=O) groups excluding carboxylic acids is 1. The predicted molar refractivity (Wildman–Crippen MR) is 107 cm³/mol. The number of halogens is 1. The first-order valence-corrected chi connectivity index (χ1v) is 9.52. The van der Waals surface area contributed by atoms with Gasteiger partial charge in [0.25, 0.3) is 0 Å². The number of hydrogen-bond donors (Lipinski definition) is 1. The Morgan fingerprint density at radius 2 is 1.50 bits per heavy atom. The molecule has 1 amide bonds. The fourth-order valence-corrected chi connectivity index (χ4v) is 3.93. The van der Waals surface area contributed by atoms with Crippen LogP contribution >= 0.6 is 0 Å². The van der Waals surface area contributed by atoms with Crippen molar-refractivity contribution >= 4 is 11.6 Å². The van der Waals surface area contributed by atoms with Crippen LogP contribution in [0.2, 0.25) is 0 Å². The normalized spacial score (nSPS) is 19.9. The van der Waals surface area contributed by atoms with Crippen molar-refractivity contribution in [3.05, 3.63) is 102 Å². The summed E-state index contributed by atoms with van der Waals surface area (Å²) in [6.45, 7) is 0. The van der Waals surface area contributed by atoms with E-state index in [4.69, 9.17) is 0 Å². The van der Waals surface area contributed by atoms with E-state index in [1.165, 1.54) is 12.1 Å². The molecular formula is C24H22FNO2. The SMILES string of the molecule is O=C1[C@H](CC[C@H](O)c2ccccc2)[C@@H](c2ccccc2)N1c1ccc(F)cc1. The van der Waals surface area contributed by atoms with E-state index in [0.717, 1.165) is 11.1 Å². The molecule has 3 atom stereocenters. The Morgan fingerprint density at radius 3 is 2.14 bits per heavy atom. The molecule has 0 spiro atoms. The molecule has 1 aliphatic rings. The molecule has 1 fully saturated rings. The van der Waals surface area contributed by atoms with Crippen LogP contribution in [0.1, 0.15) is 36.1 Å². The second-order valence-corrected chi connectivity index (χ2v) is 7.15. The molecule has 0 radical (unpaired) electrons. The van der Waals surface area contributed by atoms with Gasteiger partial charge in [-0.2, -0.15) is 0 Å². The first kappa shape index (κ1) is 18.4. The molecule has 1 N–H and O–H groups in total. The summed E-state index contributed by atoms with van der Waals surface area (Å²) in [5, 5.41) is 10.5. The minimum absolute atomic E-state index is 0.0146. The predicted octanol–water partition coefficient (Wildman–Crippen LogP) is 5.04. The van der Waals surface area contributed by atoms with Gasteiger partial charge in [-0.15, -0.1) is 0 Å². The Labute approximate surface area is 164 Å². The van der Waals surface area contributed by atoms with Crippen molar-refractivity contribution in [3.8, 4) is 0 Å². The monoisotopic (exact) mass is 375 g/mol. The van der Waals surface area contributed by atoms with Gasteiger partial charge in [0.05, 0.1) is 18.1 Å². The largest absolute Gasteiger partial charge is 0.388 e. The second kappa shape index (κ2) is 7.95. The Balaban J connectivity index is 1.54. The molecule has 0 bridgehead atoms. The van der Waals surface area contributed by atoms with Crippen LogP contribution in [0, 0.1) is 11.7 Å². The standard InChI is InChI=1S/C24H22FNO2/c25-19-11-13-20(14-12-19)26-23(18-9-5-2-6-10-18)21(24(26)28)15-16-22(27)17-7-3-1-4-8-17/h1-14,21-23,27H,15-16H2/t21-,22+,23-/m1/s1. The number of nitrogens with zero attached hydrogens (tertiary/aromatic N) is 1. The number of benzene rings is 3. The first-order chi connectivity index (χ1) is 13.6. The van der Waals surface area contributed by atoms with Crippen LogP contribution in [0.4, 0.5) is 10.1 Å². The zero-order valence-electron chi connectivity index (χ0n) is 15.4. The highest BCUT2D eigenvalue weighted by Crippen LogP contribution is 2.46. The van der Waals surface area contributed by atoms with E-state index in [1.807, 2.05) is 60.7 Å². The summed E-state index contributed by atoms with van der Waals surface area (Å²) in [5.74, 6) is -0.512. The highest BCUT2D eigenvalue weighted by molar-refractivity contribution is 6.03. The number of aliphatic hydroxyl groups excluding tert-OH is 1. The molecular weight excluding hydrogens is 353 g/mol. The number of β-lactam (4-membered cyclic amide) rings is 1. The fraction of sp³-hybridized carbons (Fsp3) is 0.208. The minimum atomic E-state index is -0.592. The van der Waals surface area contributed by atoms with E-state index >= 15 is 0 Å². The van der Waals surface area contributed by atoms with Crippen LogP contribution in [-0.2, 0) is 4.79 Å². The number of anilines is 1. The third kappa shape index (κ3) is 3.56. The third-order valence-electron chi connectivity index (χ3n) is 5.40. The lowest BCUT2D eigenvalue weighted by Crippen LogP contribution is -2.55. The molecule has 28 heavy (non-hydrogen) atoms. The van der Waals surface area contributed by atoms with E-state index in [-0.39, 0.29) is 23.7 Å². The maximum atomic E-state index is 13.3. The lowest BCUT2D eigenvalue weighted by molar-refractivity contribution is -0.131. The summed E-state index contributed by atoms with van der Waals surface area (Å²) in [6.07, 6.45) is 0.512. The Hall–Kier alpha value is -2.98. The zero-order chi connectivity index (χ0) is 19.5. The zero-order valence-corrected chi connectivity index (χ0v) is 15.4. The highest BCUT2D eigenvalue weighted by Gasteiger charge is 2.48. The van der Waals surface area contributed by atoms with Crippen molar-refractivity contribution in [2.24, 2.45) is 5.92 Å². The van der Waals surface area contributed by atoms with Crippen LogP contribution in [0.15, 0.2) is 84.9 Å². The maximum Gasteiger partial charge on any atom is 0.233 e. The number of carbonyl (C=O) groups is 1. The van der Waals surface area contributed by atoms with Gasteiger partial charge in [-0.3, -0.25) is 4.79 Å². The van der Waals surface area contributed by atoms with Gasteiger partial charge in [-0.05, 0) is 48.2 Å². The minimum Gasteiger partial charge on any atom is -0.388 e. The molecule has 3 aromatic rings. The molecule has 1 aliphatic heterocycles. The first-order valence-electron chi connectivity index (χ1n) is 9.52. The molecule has 0 aliphatic carbocycles. The van der Waals surface area contributed by atoms with Crippen molar-refractivity contribution in [2.45, 2.75) is 25.0 Å². The smallest absolute Gasteiger partial charge is 0.233 e. The van der Waals surface area contributed by atoms with Gasteiger partial charge < -0.3 is 10.0 Å². The van der Waals surface area contributed by atoms with Crippen LogP contribution in [-0.4, -0.2) is 11.0 Å². The maximum absolute atomic E-state index is 13.3. The number of aliphatic hydroxyl groups is 1. The average Bonchev–Trinajstić information content (AvgIpc) is 2.74. The Bertz CT molecular complexity index is 928.